The number of unbranched alkanes of at least 4 members (excludes halogenated alkanes) is 9. The van der Waals surface area contributed by atoms with Gasteiger partial charge in [-0.1, -0.05) is 64.7 Å². The molecule has 0 heterocycles. The molecular formula is C17H35NO4S. The zero-order valence-electron chi connectivity index (χ0n) is 14.8. The van der Waals surface area contributed by atoms with E-state index in [4.69, 9.17) is 5.11 Å². The van der Waals surface area contributed by atoms with E-state index in [2.05, 4.69) is 12.2 Å². The van der Waals surface area contributed by atoms with Gasteiger partial charge in [-0.2, -0.15) is 0 Å². The van der Waals surface area contributed by atoms with Crippen molar-refractivity contribution in [3.05, 3.63) is 0 Å². The van der Waals surface area contributed by atoms with Crippen LogP contribution in [-0.2, 0) is 14.6 Å². The summed E-state index contributed by atoms with van der Waals surface area (Å²) in [5, 5.41) is 11.7. The van der Waals surface area contributed by atoms with Crippen molar-refractivity contribution in [3.63, 3.8) is 0 Å². The number of nitrogens with one attached hydrogen (secondary N) is 1. The number of rotatable bonds is 15. The van der Waals surface area contributed by atoms with Crippen molar-refractivity contribution in [1.29, 1.82) is 0 Å². The Morgan fingerprint density at radius 2 is 1.43 bits per heavy atom. The lowest BCUT2D eigenvalue weighted by molar-refractivity contribution is -0.122. The average Bonchev–Trinajstić information content (AvgIpc) is 2.47. The summed E-state index contributed by atoms with van der Waals surface area (Å²) in [5.74, 6) is -0.389. The van der Waals surface area contributed by atoms with Crippen LogP contribution in [0.2, 0.25) is 0 Å². The first-order valence-electron chi connectivity index (χ1n) is 8.97. The van der Waals surface area contributed by atoms with Crippen LogP contribution in [0.1, 0.15) is 77.6 Å². The van der Waals surface area contributed by atoms with E-state index in [0.29, 0.717) is 6.42 Å². The molecule has 2 N–H and O–H groups in total. The molecule has 0 saturated heterocycles. The van der Waals surface area contributed by atoms with Crippen LogP contribution in [0, 0.1) is 0 Å². The Balaban J connectivity index is 3.56. The molecule has 0 aliphatic heterocycles. The molecular weight excluding hydrogens is 314 g/mol. The van der Waals surface area contributed by atoms with E-state index < -0.39 is 15.9 Å². The number of hydrogen-bond donors (Lipinski definition) is 2. The number of aliphatic hydroxyl groups excluding tert-OH is 1. The summed E-state index contributed by atoms with van der Waals surface area (Å²) in [6, 6.07) is -0.694. The largest absolute Gasteiger partial charge is 0.394 e. The highest BCUT2D eigenvalue weighted by Crippen LogP contribution is 2.11. The number of aliphatic hydroxyl groups is 1. The van der Waals surface area contributed by atoms with E-state index in [1.807, 2.05) is 0 Å². The first kappa shape index (κ1) is 22.4. The second kappa shape index (κ2) is 13.8. The van der Waals surface area contributed by atoms with Crippen LogP contribution in [0.15, 0.2) is 0 Å². The van der Waals surface area contributed by atoms with Gasteiger partial charge < -0.3 is 10.4 Å². The van der Waals surface area contributed by atoms with Crippen LogP contribution >= 0.6 is 0 Å². The Bertz CT molecular complexity index is 395. The molecule has 1 amide bonds. The molecule has 0 saturated carbocycles. The Morgan fingerprint density at radius 1 is 0.957 bits per heavy atom. The Kier molecular flexibility index (Phi) is 13.4. The lowest BCUT2D eigenvalue weighted by Crippen LogP contribution is -2.42. The van der Waals surface area contributed by atoms with Gasteiger partial charge in [0, 0.05) is 12.7 Å². The highest BCUT2D eigenvalue weighted by Gasteiger charge is 2.16. The van der Waals surface area contributed by atoms with Crippen LogP contribution in [0.25, 0.3) is 0 Å². The predicted octanol–water partition coefficient (Wildman–Crippen LogP) is 2.82. The Labute approximate surface area is 142 Å². The van der Waals surface area contributed by atoms with Gasteiger partial charge in [-0.15, -0.1) is 0 Å². The molecule has 138 valence electrons. The molecule has 0 aliphatic carbocycles. The highest BCUT2D eigenvalue weighted by atomic mass is 32.2. The van der Waals surface area contributed by atoms with Gasteiger partial charge in [0.05, 0.1) is 18.4 Å². The molecule has 1 unspecified atom stereocenters. The van der Waals surface area contributed by atoms with Gasteiger partial charge >= 0.3 is 0 Å². The maximum Gasteiger partial charge on any atom is 0.220 e. The van der Waals surface area contributed by atoms with Gasteiger partial charge in [0.1, 0.15) is 9.84 Å². The van der Waals surface area contributed by atoms with Gasteiger partial charge in [0.15, 0.2) is 0 Å². The summed E-state index contributed by atoms with van der Waals surface area (Å²) in [4.78, 5) is 11.7. The number of carbonyl (C=O) groups excluding carboxylic acids is 1. The average molecular weight is 350 g/mol. The van der Waals surface area contributed by atoms with Crippen molar-refractivity contribution in [2.24, 2.45) is 0 Å². The third-order valence-corrected chi connectivity index (χ3v) is 4.85. The summed E-state index contributed by atoms with van der Waals surface area (Å²) in [6.45, 7) is 1.87. The lowest BCUT2D eigenvalue weighted by Gasteiger charge is -2.15. The number of hydrogen-bond acceptors (Lipinski definition) is 4. The minimum atomic E-state index is -3.20. The molecule has 5 nitrogen and oxygen atoms in total. The zero-order valence-corrected chi connectivity index (χ0v) is 15.7. The van der Waals surface area contributed by atoms with Crippen LogP contribution < -0.4 is 5.32 Å². The van der Waals surface area contributed by atoms with Gasteiger partial charge in [-0.25, -0.2) is 8.42 Å². The van der Waals surface area contributed by atoms with Crippen molar-refractivity contribution in [3.8, 4) is 0 Å². The molecule has 0 rings (SSSR count). The third kappa shape index (κ3) is 16.0. The van der Waals surface area contributed by atoms with Gasteiger partial charge in [0.2, 0.25) is 5.91 Å². The molecule has 0 aliphatic rings. The topological polar surface area (TPSA) is 83.5 Å². The second-order valence-electron chi connectivity index (χ2n) is 6.47. The molecule has 0 bridgehead atoms. The van der Waals surface area contributed by atoms with E-state index in [0.717, 1.165) is 25.5 Å². The van der Waals surface area contributed by atoms with E-state index in [1.165, 1.54) is 44.9 Å². The molecule has 0 aromatic carbocycles. The Hall–Kier alpha value is -0.620. The van der Waals surface area contributed by atoms with Gasteiger partial charge in [-0.05, 0) is 6.42 Å². The number of sulfone groups is 1. The monoisotopic (exact) mass is 349 g/mol. The SMILES string of the molecule is CCCCCCCCCCCCC(=O)NC(CO)CS(C)(=O)=O. The van der Waals surface area contributed by atoms with E-state index in [1.54, 1.807) is 0 Å². The van der Waals surface area contributed by atoms with Crippen molar-refractivity contribution in [2.45, 2.75) is 83.6 Å². The summed E-state index contributed by atoms with van der Waals surface area (Å²) in [5.41, 5.74) is 0. The molecule has 6 heteroatoms. The van der Waals surface area contributed by atoms with E-state index in [9.17, 15) is 13.2 Å². The number of carbonyl (C=O) groups is 1. The van der Waals surface area contributed by atoms with Crippen LogP contribution in [0.5, 0.6) is 0 Å². The van der Waals surface area contributed by atoms with Gasteiger partial charge in [0.25, 0.3) is 0 Å². The smallest absolute Gasteiger partial charge is 0.220 e. The normalized spacial score (nSPS) is 13.0. The van der Waals surface area contributed by atoms with Crippen molar-refractivity contribution < 1.29 is 18.3 Å². The fourth-order valence-electron chi connectivity index (χ4n) is 2.58. The molecule has 1 atom stereocenters. The zero-order chi connectivity index (χ0) is 17.6. The molecule has 0 radical (unpaired) electrons. The summed E-state index contributed by atoms with van der Waals surface area (Å²) >= 11 is 0. The standard InChI is InChI=1S/C17H35NO4S/c1-3-4-5-6-7-8-9-10-11-12-13-17(20)18-16(14-19)15-23(2,21)22/h16,19H,3-15H2,1-2H3,(H,18,20). The fraction of sp³-hybridized carbons (Fsp3) is 0.941. The lowest BCUT2D eigenvalue weighted by atomic mass is 10.1. The van der Waals surface area contributed by atoms with Crippen LogP contribution in [-0.4, -0.2) is 44.1 Å². The molecule has 0 aromatic heterocycles. The molecule has 0 spiro atoms. The highest BCUT2D eigenvalue weighted by molar-refractivity contribution is 7.90. The van der Waals surface area contributed by atoms with Gasteiger partial charge in [-0.3, -0.25) is 4.79 Å². The van der Waals surface area contributed by atoms with E-state index >= 15 is 0 Å². The quantitative estimate of drug-likeness (QED) is 0.445. The van der Waals surface area contributed by atoms with Crippen LogP contribution in [0.4, 0.5) is 0 Å². The molecule has 0 aromatic rings. The summed E-state index contributed by atoms with van der Waals surface area (Å²) in [6.07, 6.45) is 13.6. The molecule has 0 fully saturated rings. The first-order chi connectivity index (χ1) is 10.9. The van der Waals surface area contributed by atoms with E-state index in [-0.39, 0.29) is 18.3 Å². The van der Waals surface area contributed by atoms with Crippen molar-refractivity contribution in [2.75, 3.05) is 18.6 Å². The first-order valence-corrected chi connectivity index (χ1v) is 11.0. The minimum Gasteiger partial charge on any atom is -0.394 e. The second-order valence-corrected chi connectivity index (χ2v) is 8.66. The summed E-state index contributed by atoms with van der Waals surface area (Å²) < 4.78 is 22.3. The van der Waals surface area contributed by atoms with Crippen molar-refractivity contribution >= 4 is 15.7 Å². The number of amides is 1. The summed E-state index contributed by atoms with van der Waals surface area (Å²) in [7, 11) is -3.20. The molecule has 23 heavy (non-hydrogen) atoms. The minimum absolute atomic E-state index is 0.174. The maximum absolute atomic E-state index is 11.7. The maximum atomic E-state index is 11.7. The Morgan fingerprint density at radius 3 is 1.87 bits per heavy atom. The van der Waals surface area contributed by atoms with Crippen molar-refractivity contribution in [1.82, 2.24) is 5.32 Å². The third-order valence-electron chi connectivity index (χ3n) is 3.85. The van der Waals surface area contributed by atoms with Crippen LogP contribution in [0.3, 0.4) is 0 Å². The fourth-order valence-corrected chi connectivity index (χ4v) is 3.50. The predicted molar refractivity (Wildman–Crippen MR) is 95.2 cm³/mol.